The molecule has 0 bridgehead atoms. The molecule has 1 amide bonds. The van der Waals surface area contributed by atoms with Gasteiger partial charge >= 0.3 is 6.01 Å². The van der Waals surface area contributed by atoms with Crippen LogP contribution >= 0.6 is 0 Å². The van der Waals surface area contributed by atoms with Crippen LogP contribution in [-0.2, 0) is 17.9 Å². The van der Waals surface area contributed by atoms with Gasteiger partial charge in [0.15, 0.2) is 11.6 Å². The number of benzene rings is 2. The van der Waals surface area contributed by atoms with Crippen molar-refractivity contribution in [2.45, 2.75) is 25.9 Å². The second-order valence-electron chi connectivity index (χ2n) is 8.81. The van der Waals surface area contributed by atoms with Gasteiger partial charge in [0, 0.05) is 13.1 Å². The normalized spacial score (nSPS) is 15.5. The molecule has 182 valence electrons. The third-order valence-corrected chi connectivity index (χ3v) is 6.09. The Hall–Kier alpha value is -3.85. The van der Waals surface area contributed by atoms with Gasteiger partial charge in [0.1, 0.15) is 24.7 Å². The molecule has 0 radical (unpaired) electrons. The Bertz CT molecular complexity index is 1170. The van der Waals surface area contributed by atoms with E-state index in [0.717, 1.165) is 30.9 Å². The third-order valence-electron chi connectivity index (χ3n) is 6.09. The van der Waals surface area contributed by atoms with E-state index < -0.39 is 0 Å². The lowest BCUT2D eigenvalue weighted by atomic mass is 10.1. The number of rotatable bonds is 9. The highest BCUT2D eigenvalue weighted by Crippen LogP contribution is 2.34. The van der Waals surface area contributed by atoms with Crippen LogP contribution in [0.3, 0.4) is 0 Å². The number of likely N-dealkylation sites (tertiary alicyclic amines) is 1. The van der Waals surface area contributed by atoms with E-state index in [9.17, 15) is 4.79 Å². The van der Waals surface area contributed by atoms with E-state index in [4.69, 9.17) is 15.2 Å². The number of carbonyl (C=O) groups is 1. The van der Waals surface area contributed by atoms with Gasteiger partial charge in [-0.05, 0) is 49.2 Å². The van der Waals surface area contributed by atoms with Crippen LogP contribution < -0.4 is 25.4 Å². The number of hydrogen-bond donors (Lipinski definition) is 2. The number of hydrogen-bond acceptors (Lipinski definition) is 8. The summed E-state index contributed by atoms with van der Waals surface area (Å²) in [5, 5.41) is 2.80. The molecule has 9 heteroatoms. The van der Waals surface area contributed by atoms with Crippen LogP contribution in [-0.4, -0.2) is 53.6 Å². The monoisotopic (exact) mass is 474 g/mol. The van der Waals surface area contributed by atoms with Gasteiger partial charge in [-0.2, -0.15) is 9.97 Å². The van der Waals surface area contributed by atoms with E-state index >= 15 is 0 Å². The number of carbonyl (C=O) groups excluding carboxylic acids is 1. The van der Waals surface area contributed by atoms with Gasteiger partial charge in [-0.25, -0.2) is 0 Å². The molecule has 2 aromatic carbocycles. The fourth-order valence-electron chi connectivity index (χ4n) is 4.47. The first kappa shape index (κ1) is 22.9. The molecule has 9 nitrogen and oxygen atoms in total. The second-order valence-corrected chi connectivity index (χ2v) is 8.81. The Kier molecular flexibility index (Phi) is 6.94. The van der Waals surface area contributed by atoms with Crippen LogP contribution in [0.1, 0.15) is 24.0 Å². The van der Waals surface area contributed by atoms with Crippen molar-refractivity contribution in [2.24, 2.45) is 0 Å². The van der Waals surface area contributed by atoms with E-state index in [1.807, 2.05) is 35.2 Å². The maximum absolute atomic E-state index is 12.4. The maximum atomic E-state index is 12.4. The number of nitrogen functional groups attached to an aromatic ring is 1. The van der Waals surface area contributed by atoms with Crippen molar-refractivity contribution >= 4 is 23.2 Å². The molecule has 2 aliphatic heterocycles. The van der Waals surface area contributed by atoms with Crippen molar-refractivity contribution in [2.75, 3.05) is 48.8 Å². The molecule has 3 aromatic rings. The van der Waals surface area contributed by atoms with Crippen molar-refractivity contribution in [3.8, 4) is 11.8 Å². The standard InChI is InChI=1S/C26H30N6O3/c27-24-23-25(30-26(29-24)35-14-13-34-21-9-2-1-3-10-21)32(18-22(33)28-23)17-20-8-6-7-19(15-20)16-31-11-4-5-12-31/h1-3,6-10,15H,4-5,11-14,16-18H2,(H,28,33)(H2,27,29,30). The number of amides is 1. The molecule has 0 spiro atoms. The molecule has 0 aliphatic carbocycles. The quantitative estimate of drug-likeness (QED) is 0.456. The summed E-state index contributed by atoms with van der Waals surface area (Å²) in [5.41, 5.74) is 8.96. The van der Waals surface area contributed by atoms with Gasteiger partial charge in [0.05, 0.1) is 6.54 Å². The summed E-state index contributed by atoms with van der Waals surface area (Å²) >= 11 is 0. The average Bonchev–Trinajstić information content (AvgIpc) is 3.36. The highest BCUT2D eigenvalue weighted by Gasteiger charge is 2.27. The molecule has 0 saturated carbocycles. The van der Waals surface area contributed by atoms with Crippen LogP contribution in [0.5, 0.6) is 11.8 Å². The lowest BCUT2D eigenvalue weighted by Crippen LogP contribution is -2.39. The molecular weight excluding hydrogens is 444 g/mol. The molecule has 1 saturated heterocycles. The predicted molar refractivity (Wildman–Crippen MR) is 135 cm³/mol. The number of aromatic nitrogens is 2. The Labute approximate surface area is 204 Å². The Morgan fingerprint density at radius 1 is 0.914 bits per heavy atom. The van der Waals surface area contributed by atoms with Gasteiger partial charge in [-0.1, -0.05) is 42.5 Å². The first-order chi connectivity index (χ1) is 17.1. The van der Waals surface area contributed by atoms with Crippen LogP contribution in [0.2, 0.25) is 0 Å². The molecule has 1 fully saturated rings. The van der Waals surface area contributed by atoms with Crippen molar-refractivity contribution in [1.29, 1.82) is 0 Å². The molecular formula is C26H30N6O3. The van der Waals surface area contributed by atoms with E-state index in [2.05, 4.69) is 44.5 Å². The summed E-state index contributed by atoms with van der Waals surface area (Å²) in [6, 6.07) is 18.2. The van der Waals surface area contributed by atoms with E-state index in [-0.39, 0.29) is 30.9 Å². The van der Waals surface area contributed by atoms with Crippen molar-refractivity contribution < 1.29 is 14.3 Å². The molecule has 5 rings (SSSR count). The van der Waals surface area contributed by atoms with Gasteiger partial charge in [0.25, 0.3) is 0 Å². The molecule has 0 atom stereocenters. The van der Waals surface area contributed by atoms with E-state index in [0.29, 0.717) is 24.7 Å². The van der Waals surface area contributed by atoms with E-state index in [1.165, 1.54) is 18.4 Å². The summed E-state index contributed by atoms with van der Waals surface area (Å²) in [7, 11) is 0. The lowest BCUT2D eigenvalue weighted by molar-refractivity contribution is -0.115. The molecule has 1 aromatic heterocycles. The zero-order valence-electron chi connectivity index (χ0n) is 19.7. The van der Waals surface area contributed by atoms with Crippen LogP contribution in [0, 0.1) is 0 Å². The van der Waals surface area contributed by atoms with Gasteiger partial charge < -0.3 is 25.4 Å². The Balaban J connectivity index is 1.27. The summed E-state index contributed by atoms with van der Waals surface area (Å²) in [4.78, 5) is 25.6. The molecule has 35 heavy (non-hydrogen) atoms. The van der Waals surface area contributed by atoms with Gasteiger partial charge in [-0.3, -0.25) is 9.69 Å². The Morgan fingerprint density at radius 3 is 2.46 bits per heavy atom. The van der Waals surface area contributed by atoms with Crippen molar-refractivity contribution in [3.63, 3.8) is 0 Å². The van der Waals surface area contributed by atoms with Crippen molar-refractivity contribution in [1.82, 2.24) is 14.9 Å². The minimum atomic E-state index is -0.147. The third kappa shape index (κ3) is 5.81. The highest BCUT2D eigenvalue weighted by atomic mass is 16.5. The Morgan fingerprint density at radius 2 is 1.66 bits per heavy atom. The summed E-state index contributed by atoms with van der Waals surface area (Å²) in [6.07, 6.45) is 2.53. The number of para-hydroxylation sites is 1. The van der Waals surface area contributed by atoms with Crippen LogP contribution in [0.4, 0.5) is 17.3 Å². The first-order valence-electron chi connectivity index (χ1n) is 12.0. The number of nitrogens with zero attached hydrogens (tertiary/aromatic N) is 4. The summed E-state index contributed by atoms with van der Waals surface area (Å²) < 4.78 is 11.4. The van der Waals surface area contributed by atoms with E-state index in [1.54, 1.807) is 0 Å². The number of fused-ring (bicyclic) bond motifs is 1. The lowest BCUT2D eigenvalue weighted by Gasteiger charge is -2.30. The predicted octanol–water partition coefficient (Wildman–Crippen LogP) is 3.07. The molecule has 3 heterocycles. The SMILES string of the molecule is Nc1nc(OCCOc2ccccc2)nc2c1NC(=O)CN2Cc1cccc(CN2CCCC2)c1. The summed E-state index contributed by atoms with van der Waals surface area (Å²) in [5.74, 6) is 1.35. The minimum absolute atomic E-state index is 0.147. The second kappa shape index (κ2) is 10.6. The zero-order valence-corrected chi connectivity index (χ0v) is 19.7. The molecule has 0 unspecified atom stereocenters. The molecule has 3 N–H and O–H groups in total. The smallest absolute Gasteiger partial charge is 0.320 e. The fourth-order valence-corrected chi connectivity index (χ4v) is 4.47. The average molecular weight is 475 g/mol. The highest BCUT2D eigenvalue weighted by molar-refractivity contribution is 6.03. The maximum Gasteiger partial charge on any atom is 0.320 e. The minimum Gasteiger partial charge on any atom is -0.490 e. The number of ether oxygens (including phenoxy) is 2. The van der Waals surface area contributed by atoms with Crippen LogP contribution in [0.15, 0.2) is 54.6 Å². The van der Waals surface area contributed by atoms with Crippen LogP contribution in [0.25, 0.3) is 0 Å². The summed E-state index contributed by atoms with van der Waals surface area (Å²) in [6.45, 7) is 4.56. The zero-order chi connectivity index (χ0) is 24.0. The van der Waals surface area contributed by atoms with Gasteiger partial charge in [0.2, 0.25) is 5.91 Å². The molecule has 2 aliphatic rings. The topological polar surface area (TPSA) is 106 Å². The first-order valence-corrected chi connectivity index (χ1v) is 12.0. The number of nitrogens with one attached hydrogen (secondary N) is 1. The van der Waals surface area contributed by atoms with Gasteiger partial charge in [-0.15, -0.1) is 0 Å². The van der Waals surface area contributed by atoms with Crippen molar-refractivity contribution in [3.05, 3.63) is 65.7 Å². The largest absolute Gasteiger partial charge is 0.490 e. The number of nitrogens with two attached hydrogens (primary N) is 1. The fraction of sp³-hybridized carbons (Fsp3) is 0.346. The number of anilines is 3.